The number of carbonyl (C=O) groups excluding carboxylic acids is 2. The zero-order chi connectivity index (χ0) is 26.2. The van der Waals surface area contributed by atoms with Gasteiger partial charge in [0.05, 0.1) is 26.2 Å². The van der Waals surface area contributed by atoms with E-state index in [4.69, 9.17) is 9.47 Å². The summed E-state index contributed by atoms with van der Waals surface area (Å²) in [4.78, 5) is 27.8. The summed E-state index contributed by atoms with van der Waals surface area (Å²) in [7, 11) is -0.981. The van der Waals surface area contributed by atoms with Gasteiger partial charge >= 0.3 is 0 Å². The molecule has 2 amide bonds. The molecule has 0 heterocycles. The van der Waals surface area contributed by atoms with Gasteiger partial charge in [0.25, 0.3) is 0 Å². The second-order valence-corrected chi connectivity index (χ2v) is 10.1. The quantitative estimate of drug-likeness (QED) is 0.476. The van der Waals surface area contributed by atoms with Crippen molar-refractivity contribution in [3.05, 3.63) is 53.6 Å². The third-order valence-corrected chi connectivity index (χ3v) is 6.78. The van der Waals surface area contributed by atoms with Gasteiger partial charge in [-0.1, -0.05) is 31.2 Å². The van der Waals surface area contributed by atoms with Crippen LogP contribution in [0.5, 0.6) is 11.5 Å². The lowest BCUT2D eigenvalue weighted by atomic mass is 10.1. The molecule has 0 aliphatic carbocycles. The van der Waals surface area contributed by atoms with Gasteiger partial charge in [0.15, 0.2) is 0 Å². The summed E-state index contributed by atoms with van der Waals surface area (Å²) < 4.78 is 37.1. The fraction of sp³-hybridized carbons (Fsp3) is 0.440. The van der Waals surface area contributed by atoms with E-state index in [1.165, 1.54) is 25.2 Å². The maximum absolute atomic E-state index is 13.6. The number of hydrogen-bond acceptors (Lipinski definition) is 6. The maximum Gasteiger partial charge on any atom is 0.244 e. The molecule has 0 unspecified atom stereocenters. The van der Waals surface area contributed by atoms with Crippen molar-refractivity contribution >= 4 is 27.5 Å². The van der Waals surface area contributed by atoms with E-state index in [-0.39, 0.29) is 23.9 Å². The Bertz CT molecular complexity index is 1140. The normalized spacial score (nSPS) is 11.9. The van der Waals surface area contributed by atoms with Crippen LogP contribution in [0.1, 0.15) is 31.4 Å². The zero-order valence-corrected chi connectivity index (χ0v) is 22.0. The van der Waals surface area contributed by atoms with Gasteiger partial charge in [-0.15, -0.1) is 0 Å². The number of methoxy groups -OCH3 is 2. The molecule has 0 spiro atoms. The van der Waals surface area contributed by atoms with E-state index in [1.807, 2.05) is 38.1 Å². The van der Waals surface area contributed by atoms with Crippen LogP contribution in [0.25, 0.3) is 0 Å². The van der Waals surface area contributed by atoms with E-state index in [1.54, 1.807) is 19.1 Å². The molecule has 0 aliphatic rings. The first-order valence-corrected chi connectivity index (χ1v) is 13.2. The Balaban J connectivity index is 2.46. The summed E-state index contributed by atoms with van der Waals surface area (Å²) in [6, 6.07) is 11.4. The number of benzene rings is 2. The molecule has 0 aromatic heterocycles. The van der Waals surface area contributed by atoms with Crippen LogP contribution in [0.15, 0.2) is 42.5 Å². The Kier molecular flexibility index (Phi) is 9.94. The summed E-state index contributed by atoms with van der Waals surface area (Å²) in [5, 5.41) is 2.82. The molecule has 2 aromatic carbocycles. The first-order chi connectivity index (χ1) is 16.5. The van der Waals surface area contributed by atoms with Crippen LogP contribution in [0, 0.1) is 6.92 Å². The molecule has 9 nitrogen and oxygen atoms in total. The predicted octanol–water partition coefficient (Wildman–Crippen LogP) is 2.72. The molecule has 0 aliphatic heterocycles. The molecule has 1 atom stereocenters. The summed E-state index contributed by atoms with van der Waals surface area (Å²) in [5.41, 5.74) is 2.02. The number of carbonyl (C=O) groups is 2. The molecule has 192 valence electrons. The fourth-order valence-electron chi connectivity index (χ4n) is 3.54. The predicted molar refractivity (Wildman–Crippen MR) is 136 cm³/mol. The van der Waals surface area contributed by atoms with Gasteiger partial charge < -0.3 is 19.7 Å². The molecule has 2 rings (SSSR count). The fourth-order valence-corrected chi connectivity index (χ4v) is 4.39. The van der Waals surface area contributed by atoms with Gasteiger partial charge in [-0.2, -0.15) is 0 Å². The highest BCUT2D eigenvalue weighted by Crippen LogP contribution is 2.33. The molecular formula is C25H35N3O6S. The molecule has 0 fully saturated rings. The van der Waals surface area contributed by atoms with Crippen molar-refractivity contribution in [2.45, 2.75) is 39.8 Å². The van der Waals surface area contributed by atoms with Crippen LogP contribution in [0.4, 0.5) is 5.69 Å². The number of anilines is 1. The number of hydrogen-bond donors (Lipinski definition) is 1. The Labute approximate surface area is 208 Å². The second-order valence-electron chi connectivity index (χ2n) is 8.22. The van der Waals surface area contributed by atoms with Crippen LogP contribution >= 0.6 is 0 Å². The molecule has 1 N–H and O–H groups in total. The highest BCUT2D eigenvalue weighted by molar-refractivity contribution is 7.92. The monoisotopic (exact) mass is 505 g/mol. The number of aryl methyl sites for hydroxylation is 1. The van der Waals surface area contributed by atoms with Crippen LogP contribution in [-0.4, -0.2) is 64.7 Å². The third kappa shape index (κ3) is 7.35. The Morgan fingerprint density at radius 3 is 2.34 bits per heavy atom. The van der Waals surface area contributed by atoms with E-state index in [0.717, 1.165) is 28.1 Å². The van der Waals surface area contributed by atoms with Crippen molar-refractivity contribution in [2.75, 3.05) is 37.9 Å². The van der Waals surface area contributed by atoms with Crippen molar-refractivity contribution in [3.63, 3.8) is 0 Å². The lowest BCUT2D eigenvalue weighted by molar-refractivity contribution is -0.139. The van der Waals surface area contributed by atoms with Crippen molar-refractivity contribution in [2.24, 2.45) is 0 Å². The van der Waals surface area contributed by atoms with Gasteiger partial charge in [0, 0.05) is 19.2 Å². The number of sulfonamides is 1. The van der Waals surface area contributed by atoms with E-state index in [0.29, 0.717) is 12.3 Å². The second kappa shape index (κ2) is 12.4. The number of amides is 2. The summed E-state index contributed by atoms with van der Waals surface area (Å²) in [6.45, 7) is 5.63. The molecule has 2 aromatic rings. The summed E-state index contributed by atoms with van der Waals surface area (Å²) in [5.74, 6) is -0.105. The first kappa shape index (κ1) is 28.0. The van der Waals surface area contributed by atoms with Gasteiger partial charge in [-0.05, 0) is 43.5 Å². The lowest BCUT2D eigenvalue weighted by Crippen LogP contribution is -2.51. The SMILES string of the molecule is CCCNC(=O)[C@H](C)N(Cc1ccccc1C)C(=O)CN(c1ccc(OC)cc1OC)S(C)(=O)=O. The Morgan fingerprint density at radius 1 is 1.09 bits per heavy atom. The minimum atomic E-state index is -3.88. The molecule has 0 bridgehead atoms. The van der Waals surface area contributed by atoms with E-state index in [2.05, 4.69) is 5.32 Å². The van der Waals surface area contributed by atoms with Crippen LogP contribution in [0.3, 0.4) is 0 Å². The van der Waals surface area contributed by atoms with E-state index < -0.39 is 28.5 Å². The summed E-state index contributed by atoms with van der Waals surface area (Å²) in [6.07, 6.45) is 1.77. The standard InChI is InChI=1S/C25H35N3O6S/c1-7-14-26-25(30)19(3)27(16-20-11-9-8-10-18(20)2)24(29)17-28(35(6,31)32)22-13-12-21(33-4)15-23(22)34-5/h8-13,15,19H,7,14,16-17H2,1-6H3,(H,26,30)/t19-/m0/s1. The van der Waals surface area contributed by atoms with Crippen molar-refractivity contribution in [1.82, 2.24) is 10.2 Å². The Morgan fingerprint density at radius 2 is 1.77 bits per heavy atom. The number of nitrogens with zero attached hydrogens (tertiary/aromatic N) is 2. The Hall–Kier alpha value is -3.27. The maximum atomic E-state index is 13.6. The molecule has 0 saturated heterocycles. The van der Waals surface area contributed by atoms with Crippen LogP contribution in [-0.2, 0) is 26.2 Å². The van der Waals surface area contributed by atoms with Crippen LogP contribution in [0.2, 0.25) is 0 Å². The topological polar surface area (TPSA) is 105 Å². The minimum absolute atomic E-state index is 0.156. The van der Waals surface area contributed by atoms with Gasteiger partial charge in [0.2, 0.25) is 21.8 Å². The average molecular weight is 506 g/mol. The highest BCUT2D eigenvalue weighted by atomic mass is 32.2. The molecule has 35 heavy (non-hydrogen) atoms. The molecule has 0 radical (unpaired) electrons. The lowest BCUT2D eigenvalue weighted by Gasteiger charge is -2.32. The van der Waals surface area contributed by atoms with Crippen molar-refractivity contribution in [1.29, 1.82) is 0 Å². The highest BCUT2D eigenvalue weighted by Gasteiger charge is 2.31. The first-order valence-electron chi connectivity index (χ1n) is 11.3. The average Bonchev–Trinajstić information content (AvgIpc) is 2.83. The smallest absolute Gasteiger partial charge is 0.244 e. The minimum Gasteiger partial charge on any atom is -0.497 e. The van der Waals surface area contributed by atoms with E-state index in [9.17, 15) is 18.0 Å². The van der Waals surface area contributed by atoms with Crippen molar-refractivity contribution in [3.8, 4) is 11.5 Å². The van der Waals surface area contributed by atoms with Crippen LogP contribution < -0.4 is 19.1 Å². The zero-order valence-electron chi connectivity index (χ0n) is 21.2. The largest absolute Gasteiger partial charge is 0.497 e. The molecule has 0 saturated carbocycles. The summed E-state index contributed by atoms with van der Waals surface area (Å²) >= 11 is 0. The van der Waals surface area contributed by atoms with Crippen molar-refractivity contribution < 1.29 is 27.5 Å². The van der Waals surface area contributed by atoms with Gasteiger partial charge in [0.1, 0.15) is 24.1 Å². The number of ether oxygens (including phenoxy) is 2. The van der Waals surface area contributed by atoms with E-state index >= 15 is 0 Å². The number of rotatable bonds is 12. The molecule has 10 heteroatoms. The third-order valence-electron chi connectivity index (χ3n) is 5.65. The molecular weight excluding hydrogens is 470 g/mol. The van der Waals surface area contributed by atoms with Gasteiger partial charge in [-0.3, -0.25) is 13.9 Å². The number of nitrogens with one attached hydrogen (secondary N) is 1. The van der Waals surface area contributed by atoms with Gasteiger partial charge in [-0.25, -0.2) is 8.42 Å².